The highest BCUT2D eigenvalue weighted by Gasteiger charge is 2.44. The van der Waals surface area contributed by atoms with Gasteiger partial charge in [0.05, 0.1) is 0 Å². The standard InChI is InChI=1S/C90H80/c1-51-59-22-10-11-23-62(59)75-46-54(36-44-73(75)83(51)56-38-41-67-64-25-14-17-33-77(64)88(4,5)80(67)48-56)61-30-21-32-72-76-47-55(37-45-74(76)85(53(3)87(61)72)58-40-43-69-66-27-16-19-35-79(66)90(8,9)82(69)50-58)60-29-20-31-71-63-24-12-13-28-70(63)84(52(2)86(60)71)57-39-42-68-65-26-15-18-34-78(65)89(6,7)81(68)49-57/h11-21,23-28,31-37,39,42,44-50,60-61,73,75H,10,22,29-30,38,40-41,43H2,1-9H3. The number of hydrogen-bond donors (Lipinski definition) is 0. The molecule has 10 aliphatic carbocycles. The largest absolute Gasteiger partial charge is 0.0839 e. The van der Waals surface area contributed by atoms with Gasteiger partial charge in [-0.3, -0.25) is 0 Å². The number of benzene rings is 8. The van der Waals surface area contributed by atoms with Gasteiger partial charge in [-0.25, -0.2) is 0 Å². The fraction of sp³-hybridized carbons (Fsp3) is 0.267. The third kappa shape index (κ3) is 7.49. The lowest BCUT2D eigenvalue weighted by Gasteiger charge is -2.41. The van der Waals surface area contributed by atoms with Crippen molar-refractivity contribution in [3.05, 3.63) is 311 Å². The second kappa shape index (κ2) is 19.5. The maximum Gasteiger partial charge on any atom is 0.0159 e. The van der Waals surface area contributed by atoms with Gasteiger partial charge in [-0.05, 0) is 267 Å². The van der Waals surface area contributed by atoms with Gasteiger partial charge < -0.3 is 0 Å². The van der Waals surface area contributed by atoms with E-state index in [-0.39, 0.29) is 28.1 Å². The normalized spacial score (nSPS) is 23.1. The number of rotatable bonds is 5. The fourth-order valence-corrected chi connectivity index (χ4v) is 20.1. The molecule has 0 fully saturated rings. The quantitative estimate of drug-likeness (QED) is 0.161. The zero-order valence-electron chi connectivity index (χ0n) is 54.0. The van der Waals surface area contributed by atoms with Crippen molar-refractivity contribution in [3.63, 3.8) is 0 Å². The minimum Gasteiger partial charge on any atom is -0.0839 e. The van der Waals surface area contributed by atoms with Gasteiger partial charge in [-0.15, -0.1) is 0 Å². The van der Waals surface area contributed by atoms with E-state index in [0.717, 1.165) is 51.4 Å². The van der Waals surface area contributed by atoms with E-state index in [1.54, 1.807) is 39.0 Å². The van der Waals surface area contributed by atoms with E-state index < -0.39 is 0 Å². The Morgan fingerprint density at radius 2 is 1.00 bits per heavy atom. The van der Waals surface area contributed by atoms with Crippen LogP contribution in [0.1, 0.15) is 190 Å². The maximum absolute atomic E-state index is 2.78. The van der Waals surface area contributed by atoms with Crippen molar-refractivity contribution < 1.29 is 0 Å². The van der Waals surface area contributed by atoms with Crippen molar-refractivity contribution in [3.8, 4) is 22.3 Å². The molecule has 0 amide bonds. The fourth-order valence-electron chi connectivity index (χ4n) is 20.1. The smallest absolute Gasteiger partial charge is 0.0159 e. The Balaban J connectivity index is 0.796. The van der Waals surface area contributed by atoms with Gasteiger partial charge in [0.15, 0.2) is 0 Å². The molecule has 0 aliphatic heterocycles. The van der Waals surface area contributed by atoms with Crippen LogP contribution in [-0.2, 0) is 16.2 Å². The summed E-state index contributed by atoms with van der Waals surface area (Å²) < 4.78 is 0. The first-order chi connectivity index (χ1) is 43.7. The molecule has 0 bridgehead atoms. The number of fused-ring (bicyclic) bond motifs is 15. The molecule has 0 heteroatoms. The van der Waals surface area contributed by atoms with Gasteiger partial charge in [0.25, 0.3) is 0 Å². The van der Waals surface area contributed by atoms with Crippen LogP contribution in [-0.4, -0.2) is 0 Å². The van der Waals surface area contributed by atoms with Crippen LogP contribution in [0.15, 0.2) is 233 Å². The summed E-state index contributed by atoms with van der Waals surface area (Å²) in [5.41, 5.74) is 42.6. The van der Waals surface area contributed by atoms with Crippen molar-refractivity contribution in [2.24, 2.45) is 11.8 Å². The average molecular weight is 1160 g/mol. The highest BCUT2D eigenvalue weighted by Crippen LogP contribution is 2.59. The molecular weight excluding hydrogens is 1080 g/mol. The van der Waals surface area contributed by atoms with Crippen LogP contribution in [0, 0.1) is 25.7 Å². The monoisotopic (exact) mass is 1160 g/mol. The Morgan fingerprint density at radius 3 is 1.72 bits per heavy atom. The van der Waals surface area contributed by atoms with Crippen LogP contribution in [0.25, 0.3) is 72.7 Å². The topological polar surface area (TPSA) is 0 Å². The van der Waals surface area contributed by atoms with Crippen molar-refractivity contribution >= 4 is 50.4 Å². The predicted molar refractivity (Wildman–Crippen MR) is 382 cm³/mol. The minimum atomic E-state index is -0.0850. The molecule has 0 saturated carbocycles. The Kier molecular flexibility index (Phi) is 11.8. The SMILES string of the molecule is CC1=C(C2=CC3=C(CC2)c2ccccc2C3(C)C)C2C=CC(C3CC=Cc4c3c(C)c(C3=CC5=C(CC3)c3ccccc3C5(C)C)c3ccc(C5CC=Cc6c5c(C)c(-c5ccc7c(c5)C(C)(C)c5ccccc5-7)c5ccccc65)cc43)=CC2C2=C1CCC=C2. The van der Waals surface area contributed by atoms with E-state index in [4.69, 9.17) is 0 Å². The molecule has 0 saturated heterocycles. The van der Waals surface area contributed by atoms with Gasteiger partial charge in [0.1, 0.15) is 0 Å². The summed E-state index contributed by atoms with van der Waals surface area (Å²) in [5, 5.41) is 5.48. The molecule has 18 rings (SSSR count). The first kappa shape index (κ1) is 54.4. The summed E-state index contributed by atoms with van der Waals surface area (Å²) in [6.45, 7) is 22.1. The lowest BCUT2D eigenvalue weighted by molar-refractivity contribution is 0.567. The highest BCUT2D eigenvalue weighted by atomic mass is 14.5. The summed E-state index contributed by atoms with van der Waals surface area (Å²) >= 11 is 0. The van der Waals surface area contributed by atoms with Gasteiger partial charge in [-0.1, -0.05) is 230 Å². The van der Waals surface area contributed by atoms with E-state index in [1.165, 1.54) is 144 Å². The van der Waals surface area contributed by atoms with Gasteiger partial charge in [-0.2, -0.15) is 0 Å². The van der Waals surface area contributed by atoms with Crippen LogP contribution in [0.5, 0.6) is 0 Å². The summed E-state index contributed by atoms with van der Waals surface area (Å²) in [5.74, 6) is 1.02. The van der Waals surface area contributed by atoms with Crippen LogP contribution in [0.3, 0.4) is 0 Å². The molecule has 8 aromatic carbocycles. The first-order valence-corrected chi connectivity index (χ1v) is 34.0. The molecule has 90 heavy (non-hydrogen) atoms. The van der Waals surface area contributed by atoms with E-state index in [9.17, 15) is 0 Å². The second-order valence-electron chi connectivity index (χ2n) is 29.8. The highest BCUT2D eigenvalue weighted by molar-refractivity contribution is 6.07. The Labute approximate surface area is 533 Å². The number of allylic oxidation sites excluding steroid dienone is 20. The summed E-state index contributed by atoms with van der Waals surface area (Å²) in [6.07, 6.45) is 36.9. The molecule has 0 nitrogen and oxygen atoms in total. The van der Waals surface area contributed by atoms with E-state index in [2.05, 4.69) is 263 Å². The Hall–Kier alpha value is -8.58. The van der Waals surface area contributed by atoms with Crippen molar-refractivity contribution in [1.29, 1.82) is 0 Å². The molecule has 0 radical (unpaired) electrons. The van der Waals surface area contributed by atoms with Crippen molar-refractivity contribution in [2.75, 3.05) is 0 Å². The predicted octanol–water partition coefficient (Wildman–Crippen LogP) is 23.7. The van der Waals surface area contributed by atoms with E-state index >= 15 is 0 Å². The molecule has 4 unspecified atom stereocenters. The molecule has 0 aromatic heterocycles. The Bertz CT molecular complexity index is 4990. The van der Waals surface area contributed by atoms with Crippen LogP contribution < -0.4 is 0 Å². The number of hydrogen-bond acceptors (Lipinski definition) is 0. The summed E-state index contributed by atoms with van der Waals surface area (Å²) in [6, 6.07) is 52.0. The summed E-state index contributed by atoms with van der Waals surface area (Å²) in [7, 11) is 0. The lowest BCUT2D eigenvalue weighted by atomic mass is 9.63. The molecule has 4 atom stereocenters. The van der Waals surface area contributed by atoms with E-state index in [0.29, 0.717) is 11.8 Å². The zero-order chi connectivity index (χ0) is 60.9. The lowest BCUT2D eigenvalue weighted by Crippen LogP contribution is -2.28. The Morgan fingerprint density at radius 1 is 0.422 bits per heavy atom. The van der Waals surface area contributed by atoms with Crippen molar-refractivity contribution in [1.82, 2.24) is 0 Å². The van der Waals surface area contributed by atoms with Crippen LogP contribution in [0.2, 0.25) is 0 Å². The maximum atomic E-state index is 2.78. The zero-order valence-corrected chi connectivity index (χ0v) is 54.0. The molecule has 10 aliphatic rings. The molecule has 8 aromatic rings. The molecular formula is C90H80. The summed E-state index contributed by atoms with van der Waals surface area (Å²) in [4.78, 5) is 0. The molecule has 0 heterocycles. The van der Waals surface area contributed by atoms with Crippen LogP contribution in [0.4, 0.5) is 0 Å². The second-order valence-corrected chi connectivity index (χ2v) is 29.8. The first-order valence-electron chi connectivity index (χ1n) is 34.0. The van der Waals surface area contributed by atoms with E-state index in [1.807, 2.05) is 0 Å². The van der Waals surface area contributed by atoms with Gasteiger partial charge >= 0.3 is 0 Å². The van der Waals surface area contributed by atoms with Crippen LogP contribution >= 0.6 is 0 Å². The third-order valence-electron chi connectivity index (χ3n) is 24.4. The molecule has 0 N–H and O–H groups in total. The molecule has 0 spiro atoms. The van der Waals surface area contributed by atoms with Gasteiger partial charge in [0.2, 0.25) is 0 Å². The van der Waals surface area contributed by atoms with Crippen molar-refractivity contribution in [2.45, 2.75) is 142 Å². The minimum absolute atomic E-state index is 0.00732. The molecule has 440 valence electrons. The average Bonchev–Trinajstić information content (AvgIpc) is 0.960. The third-order valence-corrected chi connectivity index (χ3v) is 24.4. The van der Waals surface area contributed by atoms with Gasteiger partial charge in [0, 0.05) is 39.9 Å².